The predicted octanol–water partition coefficient (Wildman–Crippen LogP) is -1.32. The average molecular weight is 316 g/mol. The largest absolute Gasteiger partial charge is 0.471 e. The highest BCUT2D eigenvalue weighted by molar-refractivity contribution is 5.82. The molecule has 0 radical (unpaired) electrons. The fourth-order valence-electron chi connectivity index (χ4n) is 1.71. The second-order valence-corrected chi connectivity index (χ2v) is 4.25. The molecule has 10 heteroatoms. The van der Waals surface area contributed by atoms with Gasteiger partial charge in [0.1, 0.15) is 24.4 Å². The summed E-state index contributed by atoms with van der Waals surface area (Å²) in [5, 5.41) is 28.0. The molecule has 1 fully saturated rings. The normalized spacial score (nSPS) is 34.2. The van der Waals surface area contributed by atoms with Crippen molar-refractivity contribution < 1.29 is 44.2 Å². The number of ether oxygens (including phenoxy) is 2. The monoisotopic (exact) mass is 316 g/mol. The number of carbonyl (C=O) groups excluding carboxylic acids is 1. The first kappa shape index (κ1) is 16.2. The molecule has 21 heavy (non-hydrogen) atoms. The molecule has 0 aromatic rings. The lowest BCUT2D eigenvalue weighted by Crippen LogP contribution is -2.65. The van der Waals surface area contributed by atoms with Crippen LogP contribution in [-0.2, 0) is 14.3 Å². The zero-order valence-corrected chi connectivity index (χ0v) is 10.7. The summed E-state index contributed by atoms with van der Waals surface area (Å²) in [7, 11) is 0. The second kappa shape index (κ2) is 7.18. The number of carbonyl (C=O) groups is 1. The Morgan fingerprint density at radius 2 is 2.10 bits per heavy atom. The number of alkyl halides is 3. The highest BCUT2D eigenvalue weighted by Crippen LogP contribution is 2.24. The van der Waals surface area contributed by atoms with Crippen LogP contribution in [-0.4, -0.2) is 71.3 Å². The Balaban J connectivity index is 3.03. The lowest BCUT2D eigenvalue weighted by molar-refractivity contribution is -0.269. The Morgan fingerprint density at radius 1 is 1.48 bits per heavy atom. The maximum atomic E-state index is 12.4. The number of hydrogen-bond acceptors (Lipinski definition) is 6. The quantitative estimate of drug-likeness (QED) is 0.468. The van der Waals surface area contributed by atoms with Crippen molar-refractivity contribution in [2.45, 2.75) is 36.8 Å². The van der Waals surface area contributed by atoms with E-state index in [4.69, 9.17) is 16.0 Å². The van der Waals surface area contributed by atoms with E-state index in [1.807, 2.05) is 0 Å². The molecule has 0 aromatic heterocycles. The molecule has 5 atom stereocenters. The summed E-state index contributed by atoms with van der Waals surface area (Å²) in [4.78, 5) is 11.1. The standard InChI is InChI=1S/C11H16F3NO6/c1-2-3-20-9-6(15-10(19)11(12,13)14)8(18)7(17)5(4-16)21-9/h2,5-9,16-18H,1,3-4H2,(H,15,19)/t5-,6-,7-,8-,9?/m1/s1/i/hD. The van der Waals surface area contributed by atoms with Gasteiger partial charge in [0.25, 0.3) is 0 Å². The topological polar surface area (TPSA) is 108 Å². The number of halogens is 3. The van der Waals surface area contributed by atoms with Gasteiger partial charge in [0, 0.05) is 0 Å². The minimum atomic E-state index is -5.34. The van der Waals surface area contributed by atoms with Crippen LogP contribution in [0.5, 0.6) is 0 Å². The molecule has 1 heterocycles. The van der Waals surface area contributed by atoms with Gasteiger partial charge in [0.15, 0.2) is 7.70 Å². The number of amides is 1. The molecule has 7 nitrogen and oxygen atoms in total. The molecule has 1 saturated heterocycles. The van der Waals surface area contributed by atoms with Gasteiger partial charge in [0.05, 0.1) is 13.2 Å². The second-order valence-electron chi connectivity index (χ2n) is 4.25. The van der Waals surface area contributed by atoms with Gasteiger partial charge in [-0.05, 0) is 0 Å². The predicted molar refractivity (Wildman–Crippen MR) is 61.9 cm³/mol. The molecule has 0 aromatic carbocycles. The summed E-state index contributed by atoms with van der Waals surface area (Å²) in [5.74, 6) is -2.55. The Morgan fingerprint density at radius 3 is 2.57 bits per heavy atom. The van der Waals surface area contributed by atoms with Gasteiger partial charge >= 0.3 is 12.1 Å². The molecule has 122 valence electrons. The highest BCUT2D eigenvalue weighted by atomic mass is 19.4. The van der Waals surface area contributed by atoms with E-state index in [0.717, 1.165) is 0 Å². The number of aliphatic hydroxyl groups excluding tert-OH is 3. The molecule has 0 aliphatic carbocycles. The zero-order valence-electron chi connectivity index (χ0n) is 11.7. The third kappa shape index (κ3) is 4.38. The number of rotatable bonds is 5. The highest BCUT2D eigenvalue weighted by Gasteiger charge is 2.49. The van der Waals surface area contributed by atoms with Gasteiger partial charge in [-0.3, -0.25) is 4.79 Å². The van der Waals surface area contributed by atoms with E-state index in [2.05, 4.69) is 6.58 Å². The Labute approximate surface area is 119 Å². The fourth-order valence-corrected chi connectivity index (χ4v) is 1.71. The van der Waals surface area contributed by atoms with Crippen molar-refractivity contribution in [3.8, 4) is 0 Å². The third-order valence-electron chi connectivity index (χ3n) is 2.74. The van der Waals surface area contributed by atoms with E-state index < -0.39 is 54.6 Å². The van der Waals surface area contributed by atoms with Crippen LogP contribution in [0.3, 0.4) is 0 Å². The van der Waals surface area contributed by atoms with Crippen molar-refractivity contribution in [2.24, 2.45) is 0 Å². The van der Waals surface area contributed by atoms with Crippen molar-refractivity contribution >= 4 is 5.91 Å². The first-order chi connectivity index (χ1) is 10.1. The number of aliphatic hydroxyl groups is 3. The van der Waals surface area contributed by atoms with E-state index in [-0.39, 0.29) is 6.61 Å². The minimum absolute atomic E-state index is 0.212. The summed E-state index contributed by atoms with van der Waals surface area (Å²) in [6, 6.07) is -1.94. The Bertz CT molecular complexity index is 410. The van der Waals surface area contributed by atoms with Crippen LogP contribution in [0.25, 0.3) is 0 Å². The van der Waals surface area contributed by atoms with Crippen molar-refractivity contribution in [3.63, 3.8) is 0 Å². The molecule has 1 amide bonds. The molecule has 4 N–H and O–H groups in total. The summed E-state index contributed by atoms with van der Waals surface area (Å²) < 4.78 is 54.5. The van der Waals surface area contributed by atoms with Gasteiger partial charge in [-0.25, -0.2) is 0 Å². The summed E-state index contributed by atoms with van der Waals surface area (Å²) in [6.07, 6.45) is -10.9. The molecule has 0 bridgehead atoms. The first-order valence-corrected chi connectivity index (χ1v) is 5.89. The summed E-state index contributed by atoms with van der Waals surface area (Å²) >= 11 is 0. The molecule has 0 spiro atoms. The van der Waals surface area contributed by atoms with E-state index in [0.29, 0.717) is 0 Å². The number of hydrogen-bond donors (Lipinski definition) is 4. The van der Waals surface area contributed by atoms with Crippen molar-refractivity contribution in [1.82, 2.24) is 5.31 Å². The number of nitrogens with one attached hydrogen (secondary N) is 1. The van der Waals surface area contributed by atoms with Gasteiger partial charge in [0.2, 0.25) is 0 Å². The van der Waals surface area contributed by atoms with Crippen molar-refractivity contribution in [1.29, 1.82) is 0 Å². The maximum Gasteiger partial charge on any atom is 0.471 e. The molecule has 1 aliphatic rings. The lowest BCUT2D eigenvalue weighted by Gasteiger charge is -2.42. The van der Waals surface area contributed by atoms with Gasteiger partial charge in [-0.1, -0.05) is 6.08 Å². The smallest absolute Gasteiger partial charge is 0.394 e. The molecular formula is C11H16F3NO6. The Hall–Kier alpha value is -1.20. The van der Waals surface area contributed by atoms with Crippen LogP contribution in [0, 0.1) is 0 Å². The SMILES string of the molecule is [2H]N(C(=O)C(F)(F)F)[C@H]1C(OCC=C)O[C@H](CO)[C@@H](O)[C@@H]1O. The van der Waals surface area contributed by atoms with Crippen molar-refractivity contribution in [2.75, 3.05) is 13.2 Å². The lowest BCUT2D eigenvalue weighted by atomic mass is 9.97. The minimum Gasteiger partial charge on any atom is -0.394 e. The van der Waals surface area contributed by atoms with E-state index in [1.54, 1.807) is 0 Å². The maximum absolute atomic E-state index is 12.4. The van der Waals surface area contributed by atoms with E-state index in [1.165, 1.54) is 6.08 Å². The van der Waals surface area contributed by atoms with Gasteiger partial charge in [-0.15, -0.1) is 6.58 Å². The van der Waals surface area contributed by atoms with E-state index in [9.17, 15) is 28.2 Å². The van der Waals surface area contributed by atoms with Gasteiger partial charge < -0.3 is 30.1 Å². The van der Waals surface area contributed by atoms with Crippen LogP contribution in [0.1, 0.15) is 0 Å². The fraction of sp³-hybridized carbons (Fsp3) is 0.727. The zero-order chi connectivity index (χ0) is 17.1. The van der Waals surface area contributed by atoms with Crippen LogP contribution in [0.4, 0.5) is 13.2 Å². The third-order valence-corrected chi connectivity index (χ3v) is 2.74. The molecule has 1 aliphatic heterocycles. The Kier molecular flexibility index (Phi) is 5.53. The average Bonchev–Trinajstić information content (AvgIpc) is 2.45. The van der Waals surface area contributed by atoms with Crippen LogP contribution in [0.2, 0.25) is 1.41 Å². The molecule has 0 saturated carbocycles. The van der Waals surface area contributed by atoms with Crippen LogP contribution in [0.15, 0.2) is 12.7 Å². The summed E-state index contributed by atoms with van der Waals surface area (Å²) in [6.45, 7) is 2.36. The molecule has 1 rings (SSSR count). The molecular weight excluding hydrogens is 299 g/mol. The van der Waals surface area contributed by atoms with Crippen LogP contribution >= 0.6 is 0 Å². The van der Waals surface area contributed by atoms with E-state index >= 15 is 0 Å². The van der Waals surface area contributed by atoms with Crippen LogP contribution < -0.4 is 5.31 Å². The van der Waals surface area contributed by atoms with Crippen molar-refractivity contribution in [3.05, 3.63) is 12.7 Å². The first-order valence-electron chi connectivity index (χ1n) is 6.34. The van der Waals surface area contributed by atoms with Gasteiger partial charge in [-0.2, -0.15) is 13.2 Å². The summed E-state index contributed by atoms with van der Waals surface area (Å²) in [5.41, 5.74) is 0. The molecule has 1 unspecified atom stereocenters.